The third kappa shape index (κ3) is 3.75. The zero-order valence-corrected chi connectivity index (χ0v) is 18.5. The quantitative estimate of drug-likeness (QED) is 0.406. The van der Waals surface area contributed by atoms with E-state index in [1.165, 1.54) is 6.07 Å². The maximum absolute atomic E-state index is 14.8. The fourth-order valence-electron chi connectivity index (χ4n) is 3.77. The van der Waals surface area contributed by atoms with Gasteiger partial charge in [0.25, 0.3) is 10.0 Å². The van der Waals surface area contributed by atoms with Crippen LogP contribution in [-0.2, 0) is 16.2 Å². The molecule has 0 spiro atoms. The van der Waals surface area contributed by atoms with E-state index in [0.29, 0.717) is 12.4 Å². The van der Waals surface area contributed by atoms with Gasteiger partial charge in [-0.1, -0.05) is 0 Å². The van der Waals surface area contributed by atoms with E-state index >= 15 is 0 Å². The van der Waals surface area contributed by atoms with Crippen molar-refractivity contribution >= 4 is 26.7 Å². The number of hydrogen-bond donors (Lipinski definition) is 1. The molecule has 9 nitrogen and oxygen atoms in total. The number of benzene rings is 1. The van der Waals surface area contributed by atoms with Gasteiger partial charge in [0.1, 0.15) is 18.5 Å². The molecule has 4 heterocycles. The van der Waals surface area contributed by atoms with E-state index in [1.54, 1.807) is 0 Å². The summed E-state index contributed by atoms with van der Waals surface area (Å²) in [7, 11) is -4.52. The lowest BCUT2D eigenvalue weighted by molar-refractivity contribution is -0.137. The van der Waals surface area contributed by atoms with Crippen molar-refractivity contribution in [2.24, 2.45) is 0 Å². The van der Waals surface area contributed by atoms with Crippen molar-refractivity contribution in [1.29, 1.82) is 5.26 Å². The minimum Gasteiger partial charge on any atom is -0.488 e. The van der Waals surface area contributed by atoms with Gasteiger partial charge in [-0.05, 0) is 12.1 Å². The summed E-state index contributed by atoms with van der Waals surface area (Å²) < 4.78 is 103. The summed E-state index contributed by atoms with van der Waals surface area (Å²) in [5.74, 6) is -3.02. The van der Waals surface area contributed by atoms with E-state index < -0.39 is 60.7 Å². The maximum Gasteiger partial charge on any atom is 0.417 e. The lowest BCUT2D eigenvalue weighted by Crippen LogP contribution is -2.38. The molecule has 0 radical (unpaired) electrons. The van der Waals surface area contributed by atoms with E-state index in [0.717, 1.165) is 16.6 Å². The first-order chi connectivity index (χ1) is 17.0. The minimum absolute atomic E-state index is 0.00549. The largest absolute Gasteiger partial charge is 0.488 e. The number of sulfonamides is 1. The highest BCUT2D eigenvalue weighted by Gasteiger charge is 2.38. The van der Waals surface area contributed by atoms with Crippen LogP contribution in [0.3, 0.4) is 0 Å². The summed E-state index contributed by atoms with van der Waals surface area (Å²) in [6.45, 7) is -0.321. The van der Waals surface area contributed by atoms with Crippen LogP contribution < -0.4 is 9.04 Å². The Morgan fingerprint density at radius 2 is 1.81 bits per heavy atom. The minimum atomic E-state index is -5.07. The van der Waals surface area contributed by atoms with Crippen LogP contribution in [0.25, 0.3) is 22.3 Å². The predicted octanol–water partition coefficient (Wildman–Crippen LogP) is 3.78. The van der Waals surface area contributed by atoms with Gasteiger partial charge in [-0.15, -0.1) is 0 Å². The smallest absolute Gasteiger partial charge is 0.417 e. The van der Waals surface area contributed by atoms with E-state index in [4.69, 9.17) is 10.00 Å². The number of alkyl halides is 3. The zero-order chi connectivity index (χ0) is 25.8. The second-order valence-electron chi connectivity index (χ2n) is 7.51. The molecule has 0 amide bonds. The van der Waals surface area contributed by atoms with Gasteiger partial charge in [-0.25, -0.2) is 28.0 Å². The number of nitrogens with one attached hydrogen (secondary N) is 1. The topological polar surface area (TPSA) is 125 Å². The third-order valence-corrected chi connectivity index (χ3v) is 7.02. The average molecular weight is 522 g/mol. The fraction of sp³-hybridized carbons (Fsp3) is 0.143. The summed E-state index contributed by atoms with van der Waals surface area (Å²) in [4.78, 5) is 13.4. The lowest BCUT2D eigenvalue weighted by atomic mass is 10.0. The van der Waals surface area contributed by atoms with Crippen molar-refractivity contribution in [3.63, 3.8) is 0 Å². The first-order valence-electron chi connectivity index (χ1n) is 9.96. The van der Waals surface area contributed by atoms with Gasteiger partial charge >= 0.3 is 6.18 Å². The van der Waals surface area contributed by atoms with Crippen LogP contribution in [0.1, 0.15) is 11.1 Å². The second-order valence-corrected chi connectivity index (χ2v) is 9.34. The molecule has 3 aromatic heterocycles. The normalized spacial score (nSPS) is 13.8. The van der Waals surface area contributed by atoms with Crippen molar-refractivity contribution < 1.29 is 35.1 Å². The van der Waals surface area contributed by atoms with Crippen LogP contribution in [0.2, 0.25) is 0 Å². The first kappa shape index (κ1) is 23.4. The van der Waals surface area contributed by atoms with Gasteiger partial charge in [-0.3, -0.25) is 0 Å². The van der Waals surface area contributed by atoms with Gasteiger partial charge in [-0.2, -0.15) is 26.9 Å². The summed E-state index contributed by atoms with van der Waals surface area (Å²) in [5, 5.41) is 7.92. The van der Waals surface area contributed by atoms with Crippen LogP contribution in [0.4, 0.5) is 27.8 Å². The fourth-order valence-corrected chi connectivity index (χ4v) is 5.18. The molecule has 1 aliphatic heterocycles. The Bertz CT molecular complexity index is 1660. The van der Waals surface area contributed by atoms with Crippen molar-refractivity contribution in [2.75, 3.05) is 17.5 Å². The molecule has 0 saturated carbocycles. The van der Waals surface area contributed by atoms with E-state index in [1.807, 2.05) is 6.07 Å². The maximum atomic E-state index is 14.8. The Balaban J connectivity index is 1.73. The predicted molar refractivity (Wildman–Crippen MR) is 113 cm³/mol. The van der Waals surface area contributed by atoms with Gasteiger partial charge in [0, 0.05) is 23.2 Å². The lowest BCUT2D eigenvalue weighted by Gasteiger charge is -2.28. The van der Waals surface area contributed by atoms with Crippen LogP contribution >= 0.6 is 0 Å². The molecule has 5 rings (SSSR count). The first-order valence-corrected chi connectivity index (χ1v) is 11.4. The van der Waals surface area contributed by atoms with Crippen LogP contribution in [0.15, 0.2) is 41.8 Å². The molecule has 4 aromatic rings. The Morgan fingerprint density at radius 1 is 1.08 bits per heavy atom. The molecule has 0 bridgehead atoms. The number of nitrogens with zero attached hydrogens (tertiary/aromatic N) is 5. The molecule has 1 N–H and O–H groups in total. The Morgan fingerprint density at radius 3 is 2.47 bits per heavy atom. The summed E-state index contributed by atoms with van der Waals surface area (Å²) in [5.41, 5.74) is -2.63. The van der Waals surface area contributed by atoms with Gasteiger partial charge in [0.15, 0.2) is 28.2 Å². The number of aromatic nitrogens is 4. The number of pyridine rings is 1. The number of rotatable bonds is 3. The highest BCUT2D eigenvalue weighted by molar-refractivity contribution is 7.92. The van der Waals surface area contributed by atoms with Crippen molar-refractivity contribution in [1.82, 2.24) is 19.9 Å². The molecule has 15 heteroatoms. The number of H-pyrrole nitrogens is 1. The Kier molecular flexibility index (Phi) is 5.29. The monoisotopic (exact) mass is 522 g/mol. The summed E-state index contributed by atoms with van der Waals surface area (Å²) >= 11 is 0. The molecule has 184 valence electrons. The number of anilines is 1. The van der Waals surface area contributed by atoms with Gasteiger partial charge in [0.05, 0.1) is 35.6 Å². The number of ether oxygens (including phenoxy) is 1. The molecule has 0 aliphatic carbocycles. The summed E-state index contributed by atoms with van der Waals surface area (Å²) in [6, 6.07) is 4.14. The van der Waals surface area contributed by atoms with Crippen LogP contribution in [0.5, 0.6) is 5.75 Å². The number of hydrogen-bond acceptors (Lipinski definition) is 7. The third-order valence-electron chi connectivity index (χ3n) is 5.31. The van der Waals surface area contributed by atoms with E-state index in [9.17, 15) is 30.4 Å². The molecule has 36 heavy (non-hydrogen) atoms. The SMILES string of the molecule is N#Cc1cnc2c(c1)OCCN2S(=O)(=O)c1cc2c(-c3ncc(F)cn3)c(C(F)(F)F)cc(F)c2[nH]1. The molecule has 0 atom stereocenters. The highest BCUT2D eigenvalue weighted by atomic mass is 32.2. The van der Waals surface area contributed by atoms with Gasteiger partial charge < -0.3 is 9.72 Å². The van der Waals surface area contributed by atoms with Crippen LogP contribution in [0, 0.1) is 23.0 Å². The zero-order valence-electron chi connectivity index (χ0n) is 17.6. The number of fused-ring (bicyclic) bond motifs is 2. The standard InChI is InChI=1S/C21H11F5N6O3S/c22-11-8-28-19(29-9-11)17-12-4-16(31-18(12)14(23)5-13(17)21(24,25)26)36(33,34)32-1-2-35-15-3-10(6-27)7-30-20(15)32/h3-5,7-9,31H,1-2H2. The average Bonchev–Trinajstić information content (AvgIpc) is 3.30. The summed E-state index contributed by atoms with van der Waals surface area (Å²) in [6.07, 6.45) is -2.67. The number of nitriles is 1. The van der Waals surface area contributed by atoms with Crippen molar-refractivity contribution in [3.8, 4) is 23.2 Å². The highest BCUT2D eigenvalue weighted by Crippen LogP contribution is 2.42. The molecule has 1 aliphatic rings. The second kappa shape index (κ2) is 8.12. The van der Waals surface area contributed by atoms with Crippen molar-refractivity contribution in [3.05, 3.63) is 59.6 Å². The van der Waals surface area contributed by atoms with Gasteiger partial charge in [0.2, 0.25) is 0 Å². The molecular formula is C21H11F5N6O3S. The van der Waals surface area contributed by atoms with Crippen molar-refractivity contribution in [2.45, 2.75) is 11.2 Å². The van der Waals surface area contributed by atoms with Crippen LogP contribution in [-0.4, -0.2) is 41.5 Å². The molecule has 0 fully saturated rings. The Hall–Kier alpha value is -4.32. The molecule has 0 saturated heterocycles. The molecular weight excluding hydrogens is 511 g/mol. The van der Waals surface area contributed by atoms with E-state index in [-0.39, 0.29) is 36.3 Å². The number of aromatic amines is 1. The number of halogens is 5. The van der Waals surface area contributed by atoms with E-state index in [2.05, 4.69) is 19.9 Å². The molecule has 1 aromatic carbocycles. The Labute approximate surface area is 198 Å². The molecule has 0 unspecified atom stereocenters.